The summed E-state index contributed by atoms with van der Waals surface area (Å²) < 4.78 is 0. The summed E-state index contributed by atoms with van der Waals surface area (Å²) in [5, 5.41) is 2.49. The Bertz CT molecular complexity index is 1020. The zero-order chi connectivity index (χ0) is 17.2. The Hall–Kier alpha value is -2.65. The van der Waals surface area contributed by atoms with Gasteiger partial charge in [0.05, 0.1) is 11.2 Å². The second-order valence-electron chi connectivity index (χ2n) is 6.65. The summed E-state index contributed by atoms with van der Waals surface area (Å²) in [4.78, 5) is 8.30. The van der Waals surface area contributed by atoms with E-state index in [1.807, 2.05) is 12.3 Å². The summed E-state index contributed by atoms with van der Waals surface area (Å²) in [7, 11) is 0. The van der Waals surface area contributed by atoms with Crippen molar-refractivity contribution in [2.45, 2.75) is 26.2 Å². The van der Waals surface area contributed by atoms with Gasteiger partial charge in [-0.2, -0.15) is 0 Å². The molecule has 126 valence electrons. The van der Waals surface area contributed by atoms with Crippen molar-refractivity contribution >= 4 is 21.8 Å². The molecule has 0 fully saturated rings. The number of nitrogens with zero attached hydrogens (tertiary/aromatic N) is 1. The van der Waals surface area contributed by atoms with E-state index in [9.17, 15) is 0 Å². The highest BCUT2D eigenvalue weighted by molar-refractivity contribution is 5.98. The summed E-state index contributed by atoms with van der Waals surface area (Å²) >= 11 is 0. The number of rotatable bonds is 5. The van der Waals surface area contributed by atoms with Crippen molar-refractivity contribution in [3.05, 3.63) is 65.9 Å². The lowest BCUT2D eigenvalue weighted by molar-refractivity contribution is 0.748. The number of nitrogens with two attached hydrogens (primary N) is 1. The number of para-hydroxylation sites is 1. The van der Waals surface area contributed by atoms with Crippen LogP contribution in [0.1, 0.15) is 24.0 Å². The standard InChI is InChI=1S/C22H23N3/c1-15-10-11-20-19(14-15)17(8-2-3-12-23)22(25-20)18-9-4-6-16-7-5-13-24-21(16)18/h4-7,9-11,13-14,25H,2-3,8,12,23H2,1H3. The topological polar surface area (TPSA) is 54.7 Å². The average molecular weight is 329 g/mol. The third kappa shape index (κ3) is 2.92. The number of benzene rings is 2. The number of hydrogen-bond acceptors (Lipinski definition) is 2. The smallest absolute Gasteiger partial charge is 0.0795 e. The molecule has 0 aliphatic rings. The van der Waals surface area contributed by atoms with Gasteiger partial charge >= 0.3 is 0 Å². The van der Waals surface area contributed by atoms with Crippen LogP contribution in [-0.2, 0) is 6.42 Å². The minimum Gasteiger partial charge on any atom is -0.354 e. The van der Waals surface area contributed by atoms with Crippen LogP contribution < -0.4 is 5.73 Å². The zero-order valence-electron chi connectivity index (χ0n) is 14.5. The molecule has 2 aromatic heterocycles. The lowest BCUT2D eigenvalue weighted by Crippen LogP contribution is -1.99. The Balaban J connectivity index is 1.94. The first-order valence-corrected chi connectivity index (χ1v) is 8.93. The van der Waals surface area contributed by atoms with E-state index in [1.165, 1.54) is 38.7 Å². The molecule has 4 aromatic rings. The summed E-state index contributed by atoms with van der Waals surface area (Å²) in [6.45, 7) is 2.89. The van der Waals surface area contributed by atoms with Crippen LogP contribution >= 0.6 is 0 Å². The first kappa shape index (κ1) is 15.9. The van der Waals surface area contributed by atoms with Crippen molar-refractivity contribution in [3.63, 3.8) is 0 Å². The maximum Gasteiger partial charge on any atom is 0.0795 e. The Kier molecular flexibility index (Phi) is 4.24. The zero-order valence-corrected chi connectivity index (χ0v) is 14.5. The largest absolute Gasteiger partial charge is 0.354 e. The number of fused-ring (bicyclic) bond motifs is 2. The van der Waals surface area contributed by atoms with Crippen molar-refractivity contribution in [2.75, 3.05) is 6.54 Å². The molecule has 0 saturated heterocycles. The third-order valence-corrected chi connectivity index (χ3v) is 4.84. The monoisotopic (exact) mass is 329 g/mol. The number of aryl methyl sites for hydroxylation is 2. The number of pyridine rings is 1. The first-order chi connectivity index (χ1) is 12.3. The highest BCUT2D eigenvalue weighted by Gasteiger charge is 2.15. The fourth-order valence-electron chi connectivity index (χ4n) is 3.60. The predicted molar refractivity (Wildman–Crippen MR) is 106 cm³/mol. The first-order valence-electron chi connectivity index (χ1n) is 8.93. The van der Waals surface area contributed by atoms with Crippen LogP contribution in [0, 0.1) is 6.92 Å². The second-order valence-corrected chi connectivity index (χ2v) is 6.65. The van der Waals surface area contributed by atoms with E-state index in [2.05, 4.69) is 59.4 Å². The van der Waals surface area contributed by atoms with Gasteiger partial charge in [0.15, 0.2) is 0 Å². The summed E-state index contributed by atoms with van der Waals surface area (Å²) in [5.41, 5.74) is 13.0. The van der Waals surface area contributed by atoms with Crippen LogP contribution in [0.15, 0.2) is 54.7 Å². The molecule has 0 atom stereocenters. The normalized spacial score (nSPS) is 11.4. The van der Waals surface area contributed by atoms with Crippen LogP contribution in [0.4, 0.5) is 0 Å². The predicted octanol–water partition coefficient (Wildman–Crippen LogP) is 4.97. The van der Waals surface area contributed by atoms with Gasteiger partial charge in [-0.1, -0.05) is 35.9 Å². The Morgan fingerprint density at radius 1 is 1.04 bits per heavy atom. The van der Waals surface area contributed by atoms with Gasteiger partial charge in [-0.25, -0.2) is 0 Å². The van der Waals surface area contributed by atoms with E-state index in [0.717, 1.165) is 31.3 Å². The highest BCUT2D eigenvalue weighted by atomic mass is 14.7. The number of aromatic amines is 1. The molecule has 4 rings (SSSR count). The molecule has 0 unspecified atom stereocenters. The molecule has 2 heterocycles. The van der Waals surface area contributed by atoms with Crippen LogP contribution in [-0.4, -0.2) is 16.5 Å². The van der Waals surface area contributed by atoms with Crippen LogP contribution in [0.3, 0.4) is 0 Å². The Labute approximate surface area is 147 Å². The van der Waals surface area contributed by atoms with E-state index >= 15 is 0 Å². The number of unbranched alkanes of at least 4 members (excludes halogenated alkanes) is 1. The summed E-state index contributed by atoms with van der Waals surface area (Å²) in [6, 6.07) is 17.1. The number of aromatic nitrogens is 2. The maximum atomic E-state index is 5.71. The highest BCUT2D eigenvalue weighted by Crippen LogP contribution is 2.35. The third-order valence-electron chi connectivity index (χ3n) is 4.84. The SMILES string of the molecule is Cc1ccc2[nH]c(-c3cccc4cccnc34)c(CCCCN)c2c1. The van der Waals surface area contributed by atoms with E-state index in [4.69, 9.17) is 5.73 Å². The van der Waals surface area contributed by atoms with Crippen LogP contribution in [0.25, 0.3) is 33.1 Å². The summed E-state index contributed by atoms with van der Waals surface area (Å²) in [6.07, 6.45) is 5.04. The molecular weight excluding hydrogens is 306 g/mol. The van der Waals surface area contributed by atoms with Crippen LogP contribution in [0.2, 0.25) is 0 Å². The maximum absolute atomic E-state index is 5.71. The molecule has 0 amide bonds. The lowest BCUT2D eigenvalue weighted by atomic mass is 9.98. The molecule has 0 radical (unpaired) electrons. The van der Waals surface area contributed by atoms with E-state index in [1.54, 1.807) is 0 Å². The molecule has 2 aromatic carbocycles. The van der Waals surface area contributed by atoms with E-state index in [-0.39, 0.29) is 0 Å². The van der Waals surface area contributed by atoms with E-state index < -0.39 is 0 Å². The molecule has 0 aliphatic carbocycles. The van der Waals surface area contributed by atoms with Crippen molar-refractivity contribution < 1.29 is 0 Å². The minimum absolute atomic E-state index is 0.743. The molecule has 0 bridgehead atoms. The fraction of sp³-hybridized carbons (Fsp3) is 0.227. The average Bonchev–Trinajstić information content (AvgIpc) is 2.99. The minimum atomic E-state index is 0.743. The molecular formula is C22H23N3. The lowest BCUT2D eigenvalue weighted by Gasteiger charge is -2.08. The van der Waals surface area contributed by atoms with Crippen molar-refractivity contribution in [2.24, 2.45) is 5.73 Å². The number of hydrogen-bond donors (Lipinski definition) is 2. The molecule has 25 heavy (non-hydrogen) atoms. The quantitative estimate of drug-likeness (QED) is 0.508. The van der Waals surface area contributed by atoms with Crippen molar-refractivity contribution in [1.29, 1.82) is 0 Å². The molecule has 0 aliphatic heterocycles. The van der Waals surface area contributed by atoms with Gasteiger partial charge in [0, 0.05) is 28.0 Å². The van der Waals surface area contributed by atoms with Gasteiger partial charge < -0.3 is 10.7 Å². The molecule has 3 N–H and O–H groups in total. The molecule has 0 spiro atoms. The van der Waals surface area contributed by atoms with Gasteiger partial charge in [0.1, 0.15) is 0 Å². The van der Waals surface area contributed by atoms with Gasteiger partial charge in [-0.3, -0.25) is 4.98 Å². The van der Waals surface area contributed by atoms with Gasteiger partial charge in [-0.15, -0.1) is 0 Å². The number of nitrogens with one attached hydrogen (secondary N) is 1. The van der Waals surface area contributed by atoms with Gasteiger partial charge in [0.2, 0.25) is 0 Å². The van der Waals surface area contributed by atoms with Crippen molar-refractivity contribution in [1.82, 2.24) is 9.97 Å². The molecule has 3 heteroatoms. The Morgan fingerprint density at radius 3 is 2.80 bits per heavy atom. The summed E-state index contributed by atoms with van der Waals surface area (Å²) in [5.74, 6) is 0. The molecule has 3 nitrogen and oxygen atoms in total. The molecule has 0 saturated carbocycles. The second kappa shape index (κ2) is 6.69. The van der Waals surface area contributed by atoms with Crippen LogP contribution in [0.5, 0.6) is 0 Å². The fourth-order valence-corrected chi connectivity index (χ4v) is 3.60. The van der Waals surface area contributed by atoms with Gasteiger partial charge in [0.25, 0.3) is 0 Å². The van der Waals surface area contributed by atoms with Crippen molar-refractivity contribution in [3.8, 4) is 11.3 Å². The Morgan fingerprint density at radius 2 is 1.92 bits per heavy atom. The number of H-pyrrole nitrogens is 1. The van der Waals surface area contributed by atoms with E-state index in [0.29, 0.717) is 0 Å². The van der Waals surface area contributed by atoms with Gasteiger partial charge in [-0.05, 0) is 56.5 Å².